The number of nitrogens with zero attached hydrogens (tertiary/aromatic N) is 5. The average molecular weight is 413 g/mol. The number of rotatable bonds is 5. The maximum absolute atomic E-state index is 9.77. The van der Waals surface area contributed by atoms with E-state index in [1.54, 1.807) is 12.1 Å². The van der Waals surface area contributed by atoms with Gasteiger partial charge in [-0.25, -0.2) is 4.68 Å². The van der Waals surface area contributed by atoms with Crippen LogP contribution in [0.15, 0.2) is 48.5 Å². The van der Waals surface area contributed by atoms with E-state index in [0.29, 0.717) is 0 Å². The zero-order chi connectivity index (χ0) is 19.7. The van der Waals surface area contributed by atoms with Gasteiger partial charge in [-0.1, -0.05) is 43.3 Å². The minimum atomic E-state index is -0.179. The number of phenolic OH excluding ortho intramolecular Hbond substituents is 1. The second-order valence-electron chi connectivity index (χ2n) is 8.10. The fraction of sp³-hybridized carbons (Fsp3) is 0.409. The van der Waals surface area contributed by atoms with Crippen molar-refractivity contribution in [2.24, 2.45) is 0 Å². The first-order valence-corrected chi connectivity index (χ1v) is 9.88. The minimum absolute atomic E-state index is 0. The fourth-order valence-electron chi connectivity index (χ4n) is 3.86. The molecule has 1 aliphatic rings. The van der Waals surface area contributed by atoms with Gasteiger partial charge in [-0.3, -0.25) is 4.90 Å². The normalized spacial score (nSPS) is 15.4. The van der Waals surface area contributed by atoms with Crippen LogP contribution in [0.5, 0.6) is 5.75 Å². The molecule has 1 atom stereocenters. The van der Waals surface area contributed by atoms with Gasteiger partial charge in [0.05, 0.1) is 11.6 Å². The second-order valence-corrected chi connectivity index (χ2v) is 8.10. The Morgan fingerprint density at radius 2 is 1.76 bits per heavy atom. The zero-order valence-electron chi connectivity index (χ0n) is 17.1. The Morgan fingerprint density at radius 3 is 2.45 bits per heavy atom. The summed E-state index contributed by atoms with van der Waals surface area (Å²) in [4.78, 5) is 2.43. The summed E-state index contributed by atoms with van der Waals surface area (Å²) in [5.41, 5.74) is 3.67. The molecule has 0 amide bonds. The monoisotopic (exact) mass is 412 g/mol. The molecule has 0 saturated carbocycles. The molecule has 1 aliphatic heterocycles. The maximum Gasteiger partial charge on any atom is 0.173 e. The van der Waals surface area contributed by atoms with E-state index in [1.807, 2.05) is 16.8 Å². The Balaban J connectivity index is 0.00000240. The van der Waals surface area contributed by atoms with Gasteiger partial charge in [0, 0.05) is 13.1 Å². The Bertz CT molecular complexity index is 954. The van der Waals surface area contributed by atoms with E-state index in [1.165, 1.54) is 11.1 Å². The summed E-state index contributed by atoms with van der Waals surface area (Å²) in [7, 11) is 0. The Labute approximate surface area is 178 Å². The number of tetrazole rings is 1. The molecule has 0 saturated heterocycles. The first-order chi connectivity index (χ1) is 13.5. The number of benzene rings is 2. The first-order valence-electron chi connectivity index (χ1n) is 9.88. The van der Waals surface area contributed by atoms with Gasteiger partial charge in [0.15, 0.2) is 5.82 Å². The standard InChI is InChI=1S/C22H27N5O.ClH/c1-4-22(2,3)27-21(23-24-25-27)20(17-9-11-19(28)12-10-17)26-14-13-16-7-5-6-8-18(16)15-26;/h5-12,20,28H,4,13-15H2,1-3H3;1H/p-1. The molecule has 2 aromatic carbocycles. The van der Waals surface area contributed by atoms with Crippen molar-refractivity contribution in [1.29, 1.82) is 0 Å². The van der Waals surface area contributed by atoms with E-state index < -0.39 is 0 Å². The number of phenols is 1. The van der Waals surface area contributed by atoms with Gasteiger partial charge in [0.2, 0.25) is 0 Å². The van der Waals surface area contributed by atoms with Gasteiger partial charge in [-0.2, -0.15) is 0 Å². The third-order valence-electron chi connectivity index (χ3n) is 5.91. The highest BCUT2D eigenvalue weighted by atomic mass is 35.5. The Hall–Kier alpha value is -2.44. The van der Waals surface area contributed by atoms with Crippen LogP contribution in [0.25, 0.3) is 0 Å². The summed E-state index contributed by atoms with van der Waals surface area (Å²) in [6.45, 7) is 8.25. The molecule has 6 nitrogen and oxygen atoms in total. The smallest absolute Gasteiger partial charge is 0.173 e. The molecule has 0 radical (unpaired) electrons. The third-order valence-corrected chi connectivity index (χ3v) is 5.91. The summed E-state index contributed by atoms with van der Waals surface area (Å²) in [5.74, 6) is 1.11. The van der Waals surface area contributed by atoms with Gasteiger partial charge >= 0.3 is 0 Å². The van der Waals surface area contributed by atoms with Crippen LogP contribution in [0, 0.1) is 0 Å². The molecule has 0 aliphatic carbocycles. The molecule has 1 aromatic heterocycles. The van der Waals surface area contributed by atoms with E-state index >= 15 is 0 Å². The zero-order valence-corrected chi connectivity index (χ0v) is 17.8. The maximum atomic E-state index is 9.77. The number of hydrogen-bond acceptors (Lipinski definition) is 5. The van der Waals surface area contributed by atoms with Crippen LogP contribution in [0.1, 0.15) is 55.7 Å². The molecule has 0 spiro atoms. The van der Waals surface area contributed by atoms with Crippen molar-refractivity contribution in [3.8, 4) is 5.75 Å². The second kappa shape index (κ2) is 8.51. The van der Waals surface area contributed by atoms with Crippen molar-refractivity contribution in [2.45, 2.75) is 51.7 Å². The SMILES string of the molecule is CCC(C)(C)n1nnnc1C(c1ccc(O)cc1)N1CCc2ccccc2C1.[Cl-]. The van der Waals surface area contributed by atoms with Gasteiger partial charge in [0.25, 0.3) is 0 Å². The lowest BCUT2D eigenvalue weighted by Crippen LogP contribution is -3.00. The van der Waals surface area contributed by atoms with E-state index in [0.717, 1.165) is 37.3 Å². The quantitative estimate of drug-likeness (QED) is 0.667. The highest BCUT2D eigenvalue weighted by Crippen LogP contribution is 2.34. The predicted molar refractivity (Wildman–Crippen MR) is 108 cm³/mol. The van der Waals surface area contributed by atoms with Crippen molar-refractivity contribution in [1.82, 2.24) is 25.1 Å². The number of hydrogen-bond donors (Lipinski definition) is 1. The molecule has 4 rings (SSSR count). The third kappa shape index (κ3) is 4.14. The molecule has 1 unspecified atom stereocenters. The summed E-state index contributed by atoms with van der Waals surface area (Å²) in [5, 5.41) is 22.6. The van der Waals surface area contributed by atoms with Gasteiger partial charge in [-0.05, 0) is 65.9 Å². The number of aromatic nitrogens is 4. The summed E-state index contributed by atoms with van der Waals surface area (Å²) in [6.07, 6.45) is 1.93. The van der Waals surface area contributed by atoms with Crippen LogP contribution in [-0.2, 0) is 18.5 Å². The summed E-state index contributed by atoms with van der Waals surface area (Å²) < 4.78 is 1.96. The van der Waals surface area contributed by atoms with Crippen LogP contribution >= 0.6 is 0 Å². The topological polar surface area (TPSA) is 67.1 Å². The van der Waals surface area contributed by atoms with Gasteiger partial charge in [0.1, 0.15) is 5.75 Å². The van der Waals surface area contributed by atoms with Crippen LogP contribution < -0.4 is 12.4 Å². The van der Waals surface area contributed by atoms with Crippen LogP contribution in [-0.4, -0.2) is 36.8 Å². The largest absolute Gasteiger partial charge is 1.00 e. The van der Waals surface area contributed by atoms with E-state index in [9.17, 15) is 5.11 Å². The lowest BCUT2D eigenvalue weighted by molar-refractivity contribution is -0.00000751. The fourth-order valence-corrected chi connectivity index (χ4v) is 3.86. The van der Waals surface area contributed by atoms with Crippen molar-refractivity contribution < 1.29 is 17.5 Å². The first kappa shape index (κ1) is 21.3. The van der Waals surface area contributed by atoms with Crippen LogP contribution in [0.3, 0.4) is 0 Å². The number of fused-ring (bicyclic) bond motifs is 1. The Morgan fingerprint density at radius 1 is 1.07 bits per heavy atom. The Kier molecular flexibility index (Phi) is 6.24. The molecule has 2 heterocycles. The molecule has 1 N–H and O–H groups in total. The minimum Gasteiger partial charge on any atom is -1.00 e. The van der Waals surface area contributed by atoms with Gasteiger partial charge in [-0.15, -0.1) is 5.10 Å². The van der Waals surface area contributed by atoms with Crippen molar-refractivity contribution in [3.05, 3.63) is 71.0 Å². The highest BCUT2D eigenvalue weighted by Gasteiger charge is 2.33. The van der Waals surface area contributed by atoms with Crippen LogP contribution in [0.4, 0.5) is 0 Å². The highest BCUT2D eigenvalue weighted by molar-refractivity contribution is 5.34. The van der Waals surface area contributed by atoms with Crippen molar-refractivity contribution >= 4 is 0 Å². The van der Waals surface area contributed by atoms with E-state index in [2.05, 4.69) is 65.5 Å². The molecule has 0 fully saturated rings. The average Bonchev–Trinajstić information content (AvgIpc) is 3.20. The number of halogens is 1. The molecule has 29 heavy (non-hydrogen) atoms. The molecule has 0 bridgehead atoms. The number of aromatic hydroxyl groups is 1. The van der Waals surface area contributed by atoms with Crippen molar-refractivity contribution in [3.63, 3.8) is 0 Å². The summed E-state index contributed by atoms with van der Waals surface area (Å²) >= 11 is 0. The summed E-state index contributed by atoms with van der Waals surface area (Å²) in [6, 6.07) is 16.0. The molecular weight excluding hydrogens is 386 g/mol. The molecular formula is C22H27ClN5O-. The van der Waals surface area contributed by atoms with Crippen molar-refractivity contribution in [2.75, 3.05) is 6.54 Å². The van der Waals surface area contributed by atoms with E-state index in [-0.39, 0.29) is 29.7 Å². The lowest BCUT2D eigenvalue weighted by Gasteiger charge is -2.36. The lowest BCUT2D eigenvalue weighted by atomic mass is 9.95. The predicted octanol–water partition coefficient (Wildman–Crippen LogP) is 0.675. The molecule has 7 heteroatoms. The molecule has 154 valence electrons. The molecule has 3 aromatic rings. The van der Waals surface area contributed by atoms with E-state index in [4.69, 9.17) is 0 Å². The van der Waals surface area contributed by atoms with Gasteiger partial charge < -0.3 is 17.5 Å². The van der Waals surface area contributed by atoms with Crippen LogP contribution in [0.2, 0.25) is 0 Å².